The van der Waals surface area contributed by atoms with Gasteiger partial charge in [0.2, 0.25) is 17.6 Å². The molecular weight excluding hydrogens is 739 g/mol. The van der Waals surface area contributed by atoms with Crippen molar-refractivity contribution >= 4 is 51.0 Å². The summed E-state index contributed by atoms with van der Waals surface area (Å²) in [6, 6.07) is 2.65. The van der Waals surface area contributed by atoms with Gasteiger partial charge in [-0.3, -0.25) is 24.0 Å². The number of likely N-dealkylation sites (tertiary alicyclic amines) is 1. The molecule has 2 aliphatic heterocycles. The van der Waals surface area contributed by atoms with Crippen molar-refractivity contribution in [1.29, 1.82) is 0 Å². The zero-order valence-electron chi connectivity index (χ0n) is 31.0. The van der Waals surface area contributed by atoms with E-state index in [2.05, 4.69) is 20.9 Å². The summed E-state index contributed by atoms with van der Waals surface area (Å²) in [6.07, 6.45) is 6.91. The Morgan fingerprint density at radius 2 is 1.76 bits per heavy atom. The number of nitrogens with one attached hydrogen (secondary N) is 2. The number of aliphatic hydroxyl groups is 1. The lowest BCUT2D eigenvalue weighted by atomic mass is 9.84. The first-order chi connectivity index (χ1) is 25.6. The summed E-state index contributed by atoms with van der Waals surface area (Å²) in [4.78, 5) is 69.6. The number of rotatable bonds is 15. The van der Waals surface area contributed by atoms with E-state index >= 15 is 0 Å². The Kier molecular flexibility index (Phi) is 13.2. The van der Waals surface area contributed by atoms with E-state index in [-0.39, 0.29) is 54.5 Å². The predicted octanol–water partition coefficient (Wildman–Crippen LogP) is 1.27. The van der Waals surface area contributed by atoms with Crippen molar-refractivity contribution < 1.29 is 42.2 Å². The van der Waals surface area contributed by atoms with Gasteiger partial charge in [0, 0.05) is 25.6 Å². The van der Waals surface area contributed by atoms with Gasteiger partial charge in [-0.1, -0.05) is 37.3 Å². The second kappa shape index (κ2) is 17.3. The number of ether oxygens (including phenoxy) is 1. The number of thioether (sulfide) groups is 1. The summed E-state index contributed by atoms with van der Waals surface area (Å²) in [5.41, 5.74) is 3.08. The third-order valence-corrected chi connectivity index (χ3v) is 13.4. The van der Waals surface area contributed by atoms with Crippen molar-refractivity contribution in [3.63, 3.8) is 0 Å². The second-order valence-electron chi connectivity index (χ2n) is 15.0. The monoisotopic (exact) mass is 789 g/mol. The van der Waals surface area contributed by atoms with E-state index in [1.54, 1.807) is 25.6 Å². The van der Waals surface area contributed by atoms with Crippen molar-refractivity contribution in [3.05, 3.63) is 41.7 Å². The number of hydrogen-bond acceptors (Lipinski definition) is 12. The van der Waals surface area contributed by atoms with Gasteiger partial charge in [0.05, 0.1) is 35.2 Å². The molecule has 1 unspecified atom stereocenters. The first kappa shape index (κ1) is 41.3. The number of nitrogens with zero attached hydrogens (tertiary/aromatic N) is 4. The fourth-order valence-corrected chi connectivity index (χ4v) is 10.0. The van der Waals surface area contributed by atoms with E-state index in [1.807, 2.05) is 0 Å². The van der Waals surface area contributed by atoms with Crippen molar-refractivity contribution in [2.45, 2.75) is 106 Å². The van der Waals surface area contributed by atoms with E-state index in [0.717, 1.165) is 32.1 Å². The molecule has 5 N–H and O–H groups in total. The van der Waals surface area contributed by atoms with Crippen molar-refractivity contribution in [2.75, 3.05) is 37.5 Å². The lowest BCUT2D eigenvalue weighted by molar-refractivity contribution is -0.145. The maximum Gasteiger partial charge on any atom is 0.287 e. The molecule has 0 radical (unpaired) electrons. The van der Waals surface area contributed by atoms with Crippen molar-refractivity contribution in [3.8, 4) is 0 Å². The van der Waals surface area contributed by atoms with E-state index in [9.17, 15) is 37.5 Å². The Bertz CT molecular complexity index is 1800. The SMILES string of the molecule is COCCS(=O)(=O)c1ccc(C(=O)NC(CC2CCCCC2)C(=O)N2C[C@@H](n3nncc3C(C)(C)O)C[C@H]2C(=O)NC2(C(=O)C(N)=O)CCSCC2)cc1. The molecule has 0 spiro atoms. The molecule has 5 rings (SSSR count). The molecule has 3 aliphatic rings. The van der Waals surface area contributed by atoms with Crippen LogP contribution in [0.25, 0.3) is 0 Å². The molecule has 16 nitrogen and oxygen atoms in total. The Labute approximate surface area is 319 Å². The van der Waals surface area contributed by atoms with Crippen LogP contribution in [0.2, 0.25) is 0 Å². The topological polar surface area (TPSA) is 233 Å². The number of benzene rings is 1. The molecule has 0 bridgehead atoms. The largest absolute Gasteiger partial charge is 0.384 e. The molecule has 3 heterocycles. The maximum atomic E-state index is 14.8. The maximum absolute atomic E-state index is 14.8. The van der Waals surface area contributed by atoms with Crippen LogP contribution in [0.5, 0.6) is 0 Å². The summed E-state index contributed by atoms with van der Waals surface area (Å²) in [7, 11) is -2.23. The zero-order chi connectivity index (χ0) is 39.3. The summed E-state index contributed by atoms with van der Waals surface area (Å²) in [5, 5.41) is 24.8. The van der Waals surface area contributed by atoms with E-state index in [0.29, 0.717) is 23.6 Å². The number of primary amides is 1. The molecular formula is C36H51N7O9S2. The number of amides is 4. The zero-order valence-corrected chi connectivity index (χ0v) is 32.6. The van der Waals surface area contributed by atoms with Crippen molar-refractivity contribution in [1.82, 2.24) is 30.5 Å². The molecule has 2 aromatic rings. The van der Waals surface area contributed by atoms with Crippen LogP contribution in [-0.2, 0) is 39.4 Å². The number of carbonyl (C=O) groups is 5. The molecule has 1 aromatic carbocycles. The Morgan fingerprint density at radius 3 is 2.37 bits per heavy atom. The number of carbonyl (C=O) groups excluding carboxylic acids is 5. The smallest absolute Gasteiger partial charge is 0.287 e. The molecule has 4 amide bonds. The summed E-state index contributed by atoms with van der Waals surface area (Å²) >= 11 is 1.59. The lowest BCUT2D eigenvalue weighted by Gasteiger charge is -2.37. The fourth-order valence-electron chi connectivity index (χ4n) is 7.66. The highest BCUT2D eigenvalue weighted by molar-refractivity contribution is 7.99. The van der Waals surface area contributed by atoms with Crippen LogP contribution in [0.1, 0.15) is 93.7 Å². The number of nitrogens with two attached hydrogens (primary N) is 1. The summed E-state index contributed by atoms with van der Waals surface area (Å²) in [5.74, 6) is -2.89. The first-order valence-electron chi connectivity index (χ1n) is 18.4. The molecule has 1 saturated carbocycles. The molecule has 3 fully saturated rings. The average molecular weight is 790 g/mol. The van der Waals surface area contributed by atoms with Gasteiger partial charge >= 0.3 is 0 Å². The molecule has 1 aromatic heterocycles. The van der Waals surface area contributed by atoms with E-state index < -0.39 is 68.5 Å². The van der Waals surface area contributed by atoms with Crippen LogP contribution in [0.15, 0.2) is 35.4 Å². The quantitative estimate of drug-likeness (QED) is 0.187. The van der Waals surface area contributed by atoms with Crippen LogP contribution in [0, 0.1) is 5.92 Å². The molecule has 54 heavy (non-hydrogen) atoms. The minimum atomic E-state index is -3.64. The highest BCUT2D eigenvalue weighted by Crippen LogP contribution is 2.35. The lowest BCUT2D eigenvalue weighted by Crippen LogP contribution is -2.63. The van der Waals surface area contributed by atoms with Gasteiger partial charge in [-0.2, -0.15) is 11.8 Å². The fraction of sp³-hybridized carbons (Fsp3) is 0.639. The third kappa shape index (κ3) is 9.49. The third-order valence-electron chi connectivity index (χ3n) is 10.7. The molecule has 1 aliphatic carbocycles. The highest BCUT2D eigenvalue weighted by atomic mass is 32.2. The van der Waals surface area contributed by atoms with E-state index in [1.165, 1.54) is 47.2 Å². The van der Waals surface area contributed by atoms with Crippen LogP contribution in [-0.4, -0.2) is 118 Å². The molecule has 2 saturated heterocycles. The van der Waals surface area contributed by atoms with Gasteiger partial charge in [-0.15, -0.1) is 5.10 Å². The van der Waals surface area contributed by atoms with Crippen LogP contribution >= 0.6 is 11.8 Å². The number of methoxy groups -OCH3 is 1. The Hall–Kier alpha value is -3.87. The van der Waals surface area contributed by atoms with Gasteiger partial charge < -0.3 is 31.1 Å². The number of Topliss-reactive ketones (excluding diaryl/α,β-unsaturated/α-hetero) is 1. The number of hydrogen-bond donors (Lipinski definition) is 4. The van der Waals surface area contributed by atoms with Gasteiger partial charge in [-0.25, -0.2) is 13.1 Å². The molecule has 3 atom stereocenters. The predicted molar refractivity (Wildman–Crippen MR) is 199 cm³/mol. The average Bonchev–Trinajstić information content (AvgIpc) is 3.83. The van der Waals surface area contributed by atoms with Crippen LogP contribution < -0.4 is 16.4 Å². The Balaban J connectivity index is 1.47. The Morgan fingerprint density at radius 1 is 1.09 bits per heavy atom. The summed E-state index contributed by atoms with van der Waals surface area (Å²) in [6.45, 7) is 3.13. The molecule has 296 valence electrons. The van der Waals surface area contributed by atoms with Gasteiger partial charge in [0.25, 0.3) is 11.8 Å². The molecule has 18 heteroatoms. The second-order valence-corrected chi connectivity index (χ2v) is 18.3. The van der Waals surface area contributed by atoms with E-state index in [4.69, 9.17) is 10.5 Å². The standard InChI is InChI=1S/C36H51N7O9S2/c1-35(2,49)29-21-38-41-43(29)25-20-28(33(47)40-36(30(44)31(37)45)13-16-53-17-14-36)42(22-25)34(48)27(19-23-7-5-4-6-8-23)39-32(46)24-9-11-26(12-10-24)54(50,51)18-15-52-3/h9-12,21,23,25,27-28,49H,4-8,13-20,22H2,1-3H3,(H2,37,45)(H,39,46)(H,40,47)/t25-,27?,28-/m0/s1. The van der Waals surface area contributed by atoms with Crippen LogP contribution in [0.4, 0.5) is 0 Å². The first-order valence-corrected chi connectivity index (χ1v) is 21.2. The minimum absolute atomic E-state index is 0.0173. The van der Waals surface area contributed by atoms with Gasteiger partial charge in [0.1, 0.15) is 23.2 Å². The number of ketones is 1. The van der Waals surface area contributed by atoms with Crippen LogP contribution in [0.3, 0.4) is 0 Å². The normalized spacial score (nSPS) is 21.3. The van der Waals surface area contributed by atoms with Gasteiger partial charge in [-0.05, 0) is 74.8 Å². The van der Waals surface area contributed by atoms with Gasteiger partial charge in [0.15, 0.2) is 9.84 Å². The van der Waals surface area contributed by atoms with Crippen molar-refractivity contribution in [2.24, 2.45) is 11.7 Å². The number of aromatic nitrogens is 3. The minimum Gasteiger partial charge on any atom is -0.384 e. The highest BCUT2D eigenvalue weighted by Gasteiger charge is 2.49. The number of sulfone groups is 1. The summed E-state index contributed by atoms with van der Waals surface area (Å²) < 4.78 is 31.7.